The first kappa shape index (κ1) is 20.1. The second-order valence-electron chi connectivity index (χ2n) is 6.70. The zero-order valence-electron chi connectivity index (χ0n) is 16.1. The van der Waals surface area contributed by atoms with E-state index in [1.165, 1.54) is 0 Å². The molecule has 0 saturated carbocycles. The van der Waals surface area contributed by atoms with Crippen molar-refractivity contribution in [3.05, 3.63) is 81.7 Å². The van der Waals surface area contributed by atoms with Crippen LogP contribution in [0.5, 0.6) is 5.75 Å². The van der Waals surface area contributed by atoms with Crippen molar-refractivity contribution in [2.75, 3.05) is 7.11 Å². The lowest BCUT2D eigenvalue weighted by atomic mass is 9.99. The van der Waals surface area contributed by atoms with Gasteiger partial charge in [-0.3, -0.25) is 4.98 Å². The van der Waals surface area contributed by atoms with Crippen molar-refractivity contribution in [2.45, 2.75) is 12.8 Å². The summed E-state index contributed by atoms with van der Waals surface area (Å²) in [4.78, 5) is 4.01. The van der Waals surface area contributed by atoms with Crippen LogP contribution in [0.1, 0.15) is 16.8 Å². The normalized spacial score (nSPS) is 10.7. The molecule has 4 rings (SSSR count). The molecule has 0 bridgehead atoms. The van der Waals surface area contributed by atoms with E-state index in [2.05, 4.69) is 21.3 Å². The number of nitriles is 1. The SMILES string of the molecule is COc1ccc2c(Cc3c(Cl)cncc3Cl)nnc(-c3ccc(CC#N)cc3)c2c1. The third-order valence-corrected chi connectivity index (χ3v) is 5.52. The number of halogens is 2. The molecule has 5 nitrogen and oxygen atoms in total. The largest absolute Gasteiger partial charge is 0.497 e. The molecule has 0 unspecified atom stereocenters. The standard InChI is InChI=1S/C23H16Cl2N4O/c1-30-16-6-7-17-18(10-16)23(15-4-2-14(3-5-15)8-9-26)29-28-22(17)11-19-20(24)12-27-13-21(19)25/h2-7,10,12-13H,8,11H2,1H3. The second-order valence-corrected chi connectivity index (χ2v) is 7.51. The first-order chi connectivity index (χ1) is 14.6. The minimum atomic E-state index is 0.368. The molecule has 148 valence electrons. The van der Waals surface area contributed by atoms with E-state index in [1.807, 2.05) is 42.5 Å². The molecule has 2 aromatic carbocycles. The van der Waals surface area contributed by atoms with Gasteiger partial charge in [-0.2, -0.15) is 10.4 Å². The van der Waals surface area contributed by atoms with Crippen LogP contribution < -0.4 is 4.74 Å². The lowest BCUT2D eigenvalue weighted by Gasteiger charge is -2.12. The highest BCUT2D eigenvalue weighted by Gasteiger charge is 2.15. The van der Waals surface area contributed by atoms with Crippen LogP contribution in [-0.4, -0.2) is 22.3 Å². The fourth-order valence-corrected chi connectivity index (χ4v) is 3.80. The Bertz CT molecular complexity index is 1250. The van der Waals surface area contributed by atoms with Gasteiger partial charge in [-0.25, -0.2) is 0 Å². The summed E-state index contributed by atoms with van der Waals surface area (Å²) >= 11 is 12.6. The molecular weight excluding hydrogens is 419 g/mol. The van der Waals surface area contributed by atoms with Gasteiger partial charge in [-0.15, -0.1) is 5.10 Å². The number of hydrogen-bond donors (Lipinski definition) is 0. The Hall–Kier alpha value is -3.20. The van der Waals surface area contributed by atoms with Crippen LogP contribution in [0.15, 0.2) is 54.9 Å². The van der Waals surface area contributed by atoms with Crippen LogP contribution in [0.4, 0.5) is 0 Å². The minimum Gasteiger partial charge on any atom is -0.497 e. The van der Waals surface area contributed by atoms with Gasteiger partial charge in [0.15, 0.2) is 0 Å². The molecular formula is C23H16Cl2N4O. The van der Waals surface area contributed by atoms with E-state index >= 15 is 0 Å². The molecule has 0 aliphatic heterocycles. The van der Waals surface area contributed by atoms with Gasteiger partial charge in [0, 0.05) is 35.2 Å². The molecule has 0 radical (unpaired) electrons. The van der Waals surface area contributed by atoms with Gasteiger partial charge in [-0.05, 0) is 29.3 Å². The highest BCUT2D eigenvalue weighted by Crippen LogP contribution is 2.33. The van der Waals surface area contributed by atoms with Crippen molar-refractivity contribution in [1.29, 1.82) is 5.26 Å². The number of pyridine rings is 1. The topological polar surface area (TPSA) is 71.7 Å². The van der Waals surface area contributed by atoms with Crippen LogP contribution in [0.3, 0.4) is 0 Å². The number of benzene rings is 2. The summed E-state index contributed by atoms with van der Waals surface area (Å²) in [5, 5.41) is 20.7. The molecule has 0 spiro atoms. The van der Waals surface area contributed by atoms with Gasteiger partial charge < -0.3 is 4.74 Å². The van der Waals surface area contributed by atoms with Gasteiger partial charge in [0.1, 0.15) is 11.4 Å². The van der Waals surface area contributed by atoms with Crippen molar-refractivity contribution in [3.8, 4) is 23.1 Å². The number of nitrogens with zero attached hydrogens (tertiary/aromatic N) is 4. The van der Waals surface area contributed by atoms with Crippen LogP contribution in [0, 0.1) is 11.3 Å². The van der Waals surface area contributed by atoms with Crippen molar-refractivity contribution in [2.24, 2.45) is 0 Å². The number of ether oxygens (including phenoxy) is 1. The van der Waals surface area contributed by atoms with Crippen molar-refractivity contribution < 1.29 is 4.74 Å². The van der Waals surface area contributed by atoms with E-state index in [-0.39, 0.29) is 0 Å². The van der Waals surface area contributed by atoms with E-state index in [4.69, 9.17) is 33.2 Å². The molecule has 2 heterocycles. The molecule has 0 aliphatic carbocycles. The van der Waals surface area contributed by atoms with Gasteiger partial charge in [0.25, 0.3) is 0 Å². The molecule has 0 atom stereocenters. The van der Waals surface area contributed by atoms with Gasteiger partial charge in [0.2, 0.25) is 0 Å². The van der Waals surface area contributed by atoms with E-state index < -0.39 is 0 Å². The summed E-state index contributed by atoms with van der Waals surface area (Å²) in [6.45, 7) is 0. The fourth-order valence-electron chi connectivity index (χ4n) is 3.31. The molecule has 7 heteroatoms. The summed E-state index contributed by atoms with van der Waals surface area (Å²) in [5.74, 6) is 0.726. The summed E-state index contributed by atoms with van der Waals surface area (Å²) in [7, 11) is 1.63. The van der Waals surface area contributed by atoms with Crippen LogP contribution in [0.2, 0.25) is 10.0 Å². The number of fused-ring (bicyclic) bond motifs is 1. The van der Waals surface area contributed by atoms with Crippen LogP contribution >= 0.6 is 23.2 Å². The average molecular weight is 435 g/mol. The third kappa shape index (κ3) is 3.93. The number of hydrogen-bond acceptors (Lipinski definition) is 5. The van der Waals surface area contributed by atoms with Crippen LogP contribution in [0.25, 0.3) is 22.0 Å². The maximum absolute atomic E-state index is 8.89. The smallest absolute Gasteiger partial charge is 0.119 e. The molecule has 0 amide bonds. The zero-order chi connectivity index (χ0) is 21.1. The Morgan fingerprint density at radius 1 is 0.967 bits per heavy atom. The van der Waals surface area contributed by atoms with Gasteiger partial charge in [0.05, 0.1) is 35.3 Å². The molecule has 0 N–H and O–H groups in total. The Balaban J connectivity index is 1.85. The lowest BCUT2D eigenvalue weighted by Crippen LogP contribution is -2.01. The zero-order valence-corrected chi connectivity index (χ0v) is 17.6. The summed E-state index contributed by atoms with van der Waals surface area (Å²) < 4.78 is 5.43. The Morgan fingerprint density at radius 2 is 1.70 bits per heavy atom. The summed E-state index contributed by atoms with van der Waals surface area (Å²) in [5.41, 5.74) is 4.12. The Labute approximate surface area is 183 Å². The first-order valence-corrected chi connectivity index (χ1v) is 9.93. The fraction of sp³-hybridized carbons (Fsp3) is 0.130. The highest BCUT2D eigenvalue weighted by molar-refractivity contribution is 6.35. The molecule has 0 fully saturated rings. The van der Waals surface area contributed by atoms with Gasteiger partial charge in [-0.1, -0.05) is 47.5 Å². The van der Waals surface area contributed by atoms with Crippen molar-refractivity contribution in [3.63, 3.8) is 0 Å². The molecule has 2 aromatic heterocycles. The Morgan fingerprint density at radius 3 is 2.37 bits per heavy atom. The highest BCUT2D eigenvalue weighted by atomic mass is 35.5. The maximum atomic E-state index is 8.89. The van der Waals surface area contributed by atoms with Gasteiger partial charge >= 0.3 is 0 Å². The molecule has 0 saturated heterocycles. The van der Waals surface area contributed by atoms with Crippen LogP contribution in [-0.2, 0) is 12.8 Å². The van der Waals surface area contributed by atoms with E-state index in [1.54, 1.807) is 19.5 Å². The molecule has 0 aliphatic rings. The number of methoxy groups -OCH3 is 1. The van der Waals surface area contributed by atoms with E-state index in [9.17, 15) is 0 Å². The molecule has 4 aromatic rings. The van der Waals surface area contributed by atoms with E-state index in [0.29, 0.717) is 22.9 Å². The first-order valence-electron chi connectivity index (χ1n) is 9.18. The van der Waals surface area contributed by atoms with Crippen molar-refractivity contribution in [1.82, 2.24) is 15.2 Å². The number of aromatic nitrogens is 3. The predicted octanol–water partition coefficient (Wildman–Crippen LogP) is 5.66. The van der Waals surface area contributed by atoms with Crippen molar-refractivity contribution >= 4 is 34.0 Å². The third-order valence-electron chi connectivity index (χ3n) is 4.87. The maximum Gasteiger partial charge on any atom is 0.119 e. The number of rotatable bonds is 5. The van der Waals surface area contributed by atoms with E-state index in [0.717, 1.165) is 44.6 Å². The minimum absolute atomic E-state index is 0.368. The second kappa shape index (κ2) is 8.66. The average Bonchev–Trinajstić information content (AvgIpc) is 2.77. The molecule has 30 heavy (non-hydrogen) atoms. The quantitative estimate of drug-likeness (QED) is 0.404. The predicted molar refractivity (Wildman–Crippen MR) is 118 cm³/mol. The Kier molecular flexibility index (Phi) is 5.80. The summed E-state index contributed by atoms with van der Waals surface area (Å²) in [6, 6.07) is 15.7. The summed E-state index contributed by atoms with van der Waals surface area (Å²) in [6.07, 6.45) is 3.93. The lowest BCUT2D eigenvalue weighted by molar-refractivity contribution is 0.415. The monoisotopic (exact) mass is 434 g/mol.